The predicted octanol–water partition coefficient (Wildman–Crippen LogP) is 2.75. The van der Waals surface area contributed by atoms with Crippen LogP contribution in [-0.2, 0) is 20.0 Å². The van der Waals surface area contributed by atoms with Crippen molar-refractivity contribution >= 4 is 17.3 Å². The summed E-state index contributed by atoms with van der Waals surface area (Å²) in [5, 5.41) is 14.1. The standard InChI is InChI=1S/C19H28N6S/c1-15-22-23-17(24(15)2)13-21-18(20-10-6-16-5-3-12-26-16)25-11-9-19(14-25)7-4-8-19/h3,5,12H,4,6-11,13-14H2,1-2H3,(H,20,21). The number of aromatic nitrogens is 3. The van der Waals surface area contributed by atoms with Crippen LogP contribution in [0.1, 0.15) is 42.2 Å². The Kier molecular flexibility index (Phi) is 4.98. The van der Waals surface area contributed by atoms with Crippen LogP contribution in [0.3, 0.4) is 0 Å². The fraction of sp³-hybridized carbons (Fsp3) is 0.632. The first-order valence-corrected chi connectivity index (χ1v) is 10.4. The van der Waals surface area contributed by atoms with Crippen molar-refractivity contribution in [2.24, 2.45) is 17.5 Å². The number of hydrogen-bond donors (Lipinski definition) is 1. The molecule has 0 aromatic carbocycles. The van der Waals surface area contributed by atoms with E-state index in [0.29, 0.717) is 12.0 Å². The van der Waals surface area contributed by atoms with Crippen LogP contribution in [0.2, 0.25) is 0 Å². The second-order valence-electron chi connectivity index (χ2n) is 7.64. The van der Waals surface area contributed by atoms with Crippen LogP contribution >= 0.6 is 11.3 Å². The highest BCUT2D eigenvalue weighted by molar-refractivity contribution is 7.09. The fourth-order valence-corrected chi connectivity index (χ4v) is 4.66. The van der Waals surface area contributed by atoms with Gasteiger partial charge < -0.3 is 14.8 Å². The quantitative estimate of drug-likeness (QED) is 0.648. The van der Waals surface area contributed by atoms with Crippen molar-refractivity contribution < 1.29 is 0 Å². The molecule has 2 fully saturated rings. The lowest BCUT2D eigenvalue weighted by Gasteiger charge is -2.38. The number of guanidine groups is 1. The van der Waals surface area contributed by atoms with Crippen LogP contribution in [0.25, 0.3) is 0 Å². The number of hydrogen-bond acceptors (Lipinski definition) is 4. The number of likely N-dealkylation sites (tertiary alicyclic amines) is 1. The molecule has 1 saturated heterocycles. The molecule has 0 amide bonds. The van der Waals surface area contributed by atoms with Gasteiger partial charge in [-0.15, -0.1) is 21.5 Å². The number of nitrogens with one attached hydrogen (secondary N) is 1. The molecule has 6 nitrogen and oxygen atoms in total. The Hall–Kier alpha value is -1.89. The lowest BCUT2D eigenvalue weighted by molar-refractivity contribution is 0.151. The molecule has 26 heavy (non-hydrogen) atoms. The molecule has 3 heterocycles. The van der Waals surface area contributed by atoms with E-state index in [9.17, 15) is 0 Å². The van der Waals surface area contributed by atoms with Gasteiger partial charge in [-0.3, -0.25) is 0 Å². The Morgan fingerprint density at radius 2 is 2.23 bits per heavy atom. The molecule has 1 saturated carbocycles. The minimum atomic E-state index is 0.567. The van der Waals surface area contributed by atoms with E-state index in [1.54, 1.807) is 0 Å². The van der Waals surface area contributed by atoms with Gasteiger partial charge in [0.1, 0.15) is 12.4 Å². The number of nitrogens with zero attached hydrogens (tertiary/aromatic N) is 5. The van der Waals surface area contributed by atoms with E-state index in [4.69, 9.17) is 4.99 Å². The van der Waals surface area contributed by atoms with E-state index in [0.717, 1.165) is 43.7 Å². The molecule has 2 aliphatic rings. The summed E-state index contributed by atoms with van der Waals surface area (Å²) in [4.78, 5) is 8.77. The largest absolute Gasteiger partial charge is 0.356 e. The molecule has 0 bridgehead atoms. The minimum absolute atomic E-state index is 0.567. The Balaban J connectivity index is 1.43. The fourth-order valence-electron chi connectivity index (χ4n) is 3.96. The lowest BCUT2D eigenvalue weighted by atomic mass is 9.68. The molecule has 140 valence electrons. The van der Waals surface area contributed by atoms with E-state index in [1.807, 2.05) is 29.9 Å². The second kappa shape index (κ2) is 7.39. The van der Waals surface area contributed by atoms with Gasteiger partial charge in [-0.25, -0.2) is 4.99 Å². The van der Waals surface area contributed by atoms with E-state index in [1.165, 1.54) is 30.6 Å². The minimum Gasteiger partial charge on any atom is -0.356 e. The summed E-state index contributed by atoms with van der Waals surface area (Å²) < 4.78 is 2.02. The van der Waals surface area contributed by atoms with Gasteiger partial charge in [0.25, 0.3) is 0 Å². The molecule has 1 spiro atoms. The van der Waals surface area contributed by atoms with Crippen LogP contribution in [0, 0.1) is 12.3 Å². The van der Waals surface area contributed by atoms with Crippen molar-refractivity contribution in [1.29, 1.82) is 0 Å². The molecule has 0 atom stereocenters. The van der Waals surface area contributed by atoms with Crippen molar-refractivity contribution in [2.45, 2.75) is 45.6 Å². The zero-order valence-corrected chi connectivity index (χ0v) is 16.6. The van der Waals surface area contributed by atoms with Gasteiger partial charge in [-0.1, -0.05) is 12.5 Å². The van der Waals surface area contributed by atoms with Gasteiger partial charge >= 0.3 is 0 Å². The predicted molar refractivity (Wildman–Crippen MR) is 105 cm³/mol. The smallest absolute Gasteiger partial charge is 0.194 e. The topological polar surface area (TPSA) is 58.3 Å². The Morgan fingerprint density at radius 1 is 1.35 bits per heavy atom. The Bertz CT molecular complexity index is 759. The average Bonchev–Trinajstić information content (AvgIpc) is 3.33. The summed E-state index contributed by atoms with van der Waals surface area (Å²) in [6.07, 6.45) is 6.51. The third kappa shape index (κ3) is 3.63. The maximum atomic E-state index is 4.90. The Morgan fingerprint density at radius 3 is 2.85 bits per heavy atom. The van der Waals surface area contributed by atoms with Gasteiger partial charge in [0.15, 0.2) is 11.8 Å². The highest BCUT2D eigenvalue weighted by atomic mass is 32.1. The van der Waals surface area contributed by atoms with Gasteiger partial charge in [0.2, 0.25) is 0 Å². The summed E-state index contributed by atoms with van der Waals surface area (Å²) in [6.45, 7) is 5.72. The molecular weight excluding hydrogens is 344 g/mol. The van der Waals surface area contributed by atoms with Gasteiger partial charge in [-0.2, -0.15) is 0 Å². The summed E-state index contributed by atoms with van der Waals surface area (Å²) in [7, 11) is 2.00. The van der Waals surface area contributed by atoms with Gasteiger partial charge in [0, 0.05) is 31.6 Å². The first-order chi connectivity index (χ1) is 12.7. The average molecular weight is 373 g/mol. The van der Waals surface area contributed by atoms with Crippen LogP contribution in [0.5, 0.6) is 0 Å². The summed E-state index contributed by atoms with van der Waals surface area (Å²) in [5.41, 5.74) is 0.567. The molecule has 4 rings (SSSR count). The van der Waals surface area contributed by atoms with Crippen molar-refractivity contribution in [3.05, 3.63) is 34.0 Å². The maximum absolute atomic E-state index is 4.90. The zero-order chi connectivity index (χ0) is 18.0. The summed E-state index contributed by atoms with van der Waals surface area (Å²) >= 11 is 1.82. The third-order valence-corrected chi connectivity index (χ3v) is 6.88. The third-order valence-electron chi connectivity index (χ3n) is 5.94. The van der Waals surface area contributed by atoms with E-state index in [-0.39, 0.29) is 0 Å². The zero-order valence-electron chi connectivity index (χ0n) is 15.7. The van der Waals surface area contributed by atoms with Crippen molar-refractivity contribution in [1.82, 2.24) is 25.0 Å². The van der Waals surface area contributed by atoms with Crippen molar-refractivity contribution in [3.63, 3.8) is 0 Å². The summed E-state index contributed by atoms with van der Waals surface area (Å²) in [6, 6.07) is 4.32. The number of aryl methyl sites for hydroxylation is 1. The van der Waals surface area contributed by atoms with Crippen LogP contribution in [0.4, 0.5) is 0 Å². The molecule has 0 radical (unpaired) electrons. The maximum Gasteiger partial charge on any atom is 0.194 e. The molecule has 1 N–H and O–H groups in total. The SMILES string of the molecule is Cc1nnc(CN=C(NCCc2cccs2)N2CCC3(CCC3)C2)n1C. The monoisotopic (exact) mass is 372 g/mol. The van der Waals surface area contributed by atoms with Crippen molar-refractivity contribution in [2.75, 3.05) is 19.6 Å². The molecule has 7 heteroatoms. The van der Waals surface area contributed by atoms with E-state index < -0.39 is 0 Å². The molecule has 2 aromatic heterocycles. The molecule has 2 aromatic rings. The van der Waals surface area contributed by atoms with Crippen LogP contribution in [-0.4, -0.2) is 45.3 Å². The van der Waals surface area contributed by atoms with Crippen LogP contribution in [0.15, 0.2) is 22.5 Å². The molecular formula is C19H28N6S. The normalized spacial score (nSPS) is 19.2. The number of thiophene rings is 1. The van der Waals surface area contributed by atoms with E-state index in [2.05, 4.69) is 37.9 Å². The molecule has 1 aliphatic heterocycles. The first kappa shape index (κ1) is 17.5. The van der Waals surface area contributed by atoms with Crippen LogP contribution < -0.4 is 5.32 Å². The summed E-state index contributed by atoms with van der Waals surface area (Å²) in [5.74, 6) is 2.88. The lowest BCUT2D eigenvalue weighted by Crippen LogP contribution is -2.43. The second-order valence-corrected chi connectivity index (χ2v) is 8.68. The molecule has 1 aliphatic carbocycles. The number of aliphatic imine (C=N–C) groups is 1. The number of rotatable bonds is 5. The first-order valence-electron chi connectivity index (χ1n) is 9.56. The van der Waals surface area contributed by atoms with E-state index >= 15 is 0 Å². The molecule has 0 unspecified atom stereocenters. The van der Waals surface area contributed by atoms with Gasteiger partial charge in [-0.05, 0) is 49.5 Å². The highest BCUT2D eigenvalue weighted by Gasteiger charge is 2.43. The van der Waals surface area contributed by atoms with Crippen molar-refractivity contribution in [3.8, 4) is 0 Å². The van der Waals surface area contributed by atoms with Gasteiger partial charge in [0.05, 0.1) is 0 Å². The highest BCUT2D eigenvalue weighted by Crippen LogP contribution is 2.47. The Labute approximate surface area is 159 Å².